The second kappa shape index (κ2) is 10.2. The van der Waals surface area contributed by atoms with Crippen molar-refractivity contribution in [1.29, 1.82) is 0 Å². The zero-order valence-corrected chi connectivity index (χ0v) is 16.4. The molecular formula is C20H25Cl2N3O. The molecule has 0 aliphatic rings. The van der Waals surface area contributed by atoms with Gasteiger partial charge in [0.05, 0.1) is 0 Å². The molecule has 6 heteroatoms. The van der Waals surface area contributed by atoms with Gasteiger partial charge in [0.25, 0.3) is 0 Å². The van der Waals surface area contributed by atoms with Gasteiger partial charge in [-0.15, -0.1) is 24.8 Å². The molecule has 3 aromatic rings. The third kappa shape index (κ3) is 5.24. The first-order valence-corrected chi connectivity index (χ1v) is 8.29. The first kappa shape index (κ1) is 22.0. The van der Waals surface area contributed by atoms with Crippen molar-refractivity contribution in [2.45, 2.75) is 25.9 Å². The first-order valence-electron chi connectivity index (χ1n) is 8.29. The normalized spacial score (nSPS) is 11.3. The molecule has 140 valence electrons. The minimum absolute atomic E-state index is 0. The molecule has 0 radical (unpaired) electrons. The number of para-hydroxylation sites is 1. The topological polar surface area (TPSA) is 60.1 Å². The van der Waals surface area contributed by atoms with E-state index in [1.54, 1.807) is 0 Å². The van der Waals surface area contributed by atoms with Crippen LogP contribution in [0.5, 0.6) is 0 Å². The Morgan fingerprint density at radius 2 is 1.77 bits per heavy atom. The second-order valence-electron chi connectivity index (χ2n) is 6.10. The Morgan fingerprint density at radius 1 is 1.08 bits per heavy atom. The Labute approximate surface area is 166 Å². The molecule has 26 heavy (non-hydrogen) atoms. The lowest BCUT2D eigenvalue weighted by Crippen LogP contribution is -2.34. The predicted molar refractivity (Wildman–Crippen MR) is 112 cm³/mol. The summed E-state index contributed by atoms with van der Waals surface area (Å²) in [6.45, 7) is 3.50. The number of aromatic nitrogens is 1. The van der Waals surface area contributed by atoms with Gasteiger partial charge in [-0.1, -0.05) is 48.0 Å². The highest BCUT2D eigenvalue weighted by Gasteiger charge is 2.14. The van der Waals surface area contributed by atoms with Crippen LogP contribution in [0.15, 0.2) is 60.8 Å². The maximum atomic E-state index is 12.2. The number of nitrogens with zero attached hydrogens (tertiary/aromatic N) is 1. The lowest BCUT2D eigenvalue weighted by Gasteiger charge is -2.13. The molecule has 2 aromatic carbocycles. The van der Waals surface area contributed by atoms with E-state index in [4.69, 9.17) is 5.73 Å². The number of amides is 1. The van der Waals surface area contributed by atoms with E-state index in [1.807, 2.05) is 43.3 Å². The summed E-state index contributed by atoms with van der Waals surface area (Å²) in [6, 6.07) is 17.6. The van der Waals surface area contributed by atoms with E-state index in [1.165, 1.54) is 10.9 Å². The molecule has 3 rings (SSSR count). The maximum Gasteiger partial charge on any atom is 0.241 e. The Bertz CT molecular complexity index is 830. The summed E-state index contributed by atoms with van der Waals surface area (Å²) < 4.78 is 2.21. The van der Waals surface area contributed by atoms with Crippen molar-refractivity contribution in [3.63, 3.8) is 0 Å². The monoisotopic (exact) mass is 393 g/mol. The summed E-state index contributed by atoms with van der Waals surface area (Å²) in [4.78, 5) is 12.2. The summed E-state index contributed by atoms with van der Waals surface area (Å²) in [7, 11) is 0. The van der Waals surface area contributed by atoms with Crippen LogP contribution in [0.1, 0.15) is 23.6 Å². The second-order valence-corrected chi connectivity index (χ2v) is 6.10. The highest BCUT2D eigenvalue weighted by atomic mass is 35.5. The van der Waals surface area contributed by atoms with Gasteiger partial charge in [0.2, 0.25) is 5.91 Å². The molecular weight excluding hydrogens is 369 g/mol. The zero-order chi connectivity index (χ0) is 16.9. The summed E-state index contributed by atoms with van der Waals surface area (Å²) in [5.41, 5.74) is 9.24. The number of benzene rings is 2. The number of fused-ring (bicyclic) bond motifs is 1. The van der Waals surface area contributed by atoms with Gasteiger partial charge in [0, 0.05) is 24.8 Å². The third-order valence-corrected chi connectivity index (χ3v) is 4.27. The van der Waals surface area contributed by atoms with E-state index >= 15 is 0 Å². The summed E-state index contributed by atoms with van der Waals surface area (Å²) in [5, 5.41) is 4.17. The van der Waals surface area contributed by atoms with Crippen LogP contribution >= 0.6 is 24.8 Å². The standard InChI is InChI=1S/C20H23N3O.2ClH/c1-15-7-9-17(10-8-15)19(21)20(24)22-12-4-13-23-14-11-16-5-2-3-6-18(16)23;;/h2-3,5-11,14,19H,4,12-13,21H2,1H3,(H,22,24);2*1H. The minimum atomic E-state index is -0.613. The van der Waals surface area contributed by atoms with Gasteiger partial charge in [0.1, 0.15) is 6.04 Å². The molecule has 0 saturated carbocycles. The van der Waals surface area contributed by atoms with Gasteiger partial charge in [-0.25, -0.2) is 0 Å². The third-order valence-electron chi connectivity index (χ3n) is 4.27. The highest BCUT2D eigenvalue weighted by molar-refractivity contribution is 5.85. The van der Waals surface area contributed by atoms with Crippen LogP contribution in [0.4, 0.5) is 0 Å². The van der Waals surface area contributed by atoms with Crippen molar-refractivity contribution in [1.82, 2.24) is 9.88 Å². The number of nitrogens with one attached hydrogen (secondary N) is 1. The molecule has 0 spiro atoms. The van der Waals surface area contributed by atoms with E-state index in [2.05, 4.69) is 34.3 Å². The van der Waals surface area contributed by atoms with Crippen molar-refractivity contribution in [2.24, 2.45) is 5.73 Å². The zero-order valence-electron chi connectivity index (χ0n) is 14.7. The lowest BCUT2D eigenvalue weighted by molar-refractivity contribution is -0.122. The average Bonchev–Trinajstić information content (AvgIpc) is 3.02. The summed E-state index contributed by atoms with van der Waals surface area (Å²) in [5.74, 6) is -0.129. The summed E-state index contributed by atoms with van der Waals surface area (Å²) >= 11 is 0. The quantitative estimate of drug-likeness (QED) is 0.621. The fourth-order valence-electron chi connectivity index (χ4n) is 2.83. The fraction of sp³-hybridized carbons (Fsp3) is 0.250. The Hall–Kier alpha value is -2.01. The number of nitrogens with two attached hydrogens (primary N) is 1. The number of carbonyl (C=O) groups is 1. The predicted octanol–water partition coefficient (Wildman–Crippen LogP) is 4.00. The van der Waals surface area contributed by atoms with Crippen molar-refractivity contribution in [3.8, 4) is 0 Å². The minimum Gasteiger partial charge on any atom is -0.354 e. The molecule has 0 fully saturated rings. The summed E-state index contributed by atoms with van der Waals surface area (Å²) in [6.07, 6.45) is 2.95. The molecule has 0 saturated heterocycles. The van der Waals surface area contributed by atoms with Gasteiger partial charge in [-0.05, 0) is 36.4 Å². The number of hydrogen-bond donors (Lipinski definition) is 2. The van der Waals surface area contributed by atoms with Crippen LogP contribution in [0.3, 0.4) is 0 Å². The van der Waals surface area contributed by atoms with E-state index in [-0.39, 0.29) is 30.7 Å². The number of aryl methyl sites for hydroxylation is 2. The average molecular weight is 394 g/mol. The molecule has 3 N–H and O–H groups in total. The maximum absolute atomic E-state index is 12.2. The number of hydrogen-bond acceptors (Lipinski definition) is 2. The smallest absolute Gasteiger partial charge is 0.241 e. The lowest BCUT2D eigenvalue weighted by atomic mass is 10.1. The number of rotatable bonds is 6. The molecule has 0 aliphatic heterocycles. The Morgan fingerprint density at radius 3 is 2.50 bits per heavy atom. The highest BCUT2D eigenvalue weighted by Crippen LogP contribution is 2.15. The van der Waals surface area contributed by atoms with Crippen molar-refractivity contribution >= 4 is 41.6 Å². The molecule has 1 unspecified atom stereocenters. The number of halogens is 2. The first-order chi connectivity index (χ1) is 11.6. The van der Waals surface area contributed by atoms with Gasteiger partial charge in [0.15, 0.2) is 0 Å². The Balaban J connectivity index is 0.00000169. The van der Waals surface area contributed by atoms with Gasteiger partial charge >= 0.3 is 0 Å². The largest absolute Gasteiger partial charge is 0.354 e. The Kier molecular flexibility index (Phi) is 8.66. The van der Waals surface area contributed by atoms with Crippen LogP contribution in [-0.2, 0) is 11.3 Å². The van der Waals surface area contributed by atoms with E-state index in [9.17, 15) is 4.79 Å². The molecule has 1 amide bonds. The van der Waals surface area contributed by atoms with E-state index in [0.717, 1.165) is 24.1 Å². The van der Waals surface area contributed by atoms with Gasteiger partial charge < -0.3 is 15.6 Å². The SMILES string of the molecule is Cc1ccc(C(N)C(=O)NCCCn2ccc3ccccc32)cc1.Cl.Cl. The molecule has 1 aromatic heterocycles. The molecule has 0 aliphatic carbocycles. The fourth-order valence-corrected chi connectivity index (χ4v) is 2.83. The van der Waals surface area contributed by atoms with Crippen molar-refractivity contribution < 1.29 is 4.79 Å². The van der Waals surface area contributed by atoms with Crippen molar-refractivity contribution in [2.75, 3.05) is 6.54 Å². The molecule has 1 atom stereocenters. The van der Waals surface area contributed by atoms with Crippen LogP contribution in [-0.4, -0.2) is 17.0 Å². The molecule has 4 nitrogen and oxygen atoms in total. The van der Waals surface area contributed by atoms with Gasteiger partial charge in [-0.3, -0.25) is 4.79 Å². The van der Waals surface area contributed by atoms with Crippen LogP contribution in [0.2, 0.25) is 0 Å². The van der Waals surface area contributed by atoms with Gasteiger partial charge in [-0.2, -0.15) is 0 Å². The van der Waals surface area contributed by atoms with Crippen LogP contribution in [0, 0.1) is 6.92 Å². The van der Waals surface area contributed by atoms with E-state index < -0.39 is 6.04 Å². The van der Waals surface area contributed by atoms with E-state index in [0.29, 0.717) is 6.54 Å². The van der Waals surface area contributed by atoms with Crippen LogP contribution < -0.4 is 11.1 Å². The molecule has 0 bridgehead atoms. The van der Waals surface area contributed by atoms with Crippen molar-refractivity contribution in [3.05, 3.63) is 71.9 Å². The van der Waals surface area contributed by atoms with Crippen LogP contribution in [0.25, 0.3) is 10.9 Å². The molecule has 1 heterocycles. The number of carbonyl (C=O) groups excluding carboxylic acids is 1.